The standard InChI is InChI=1S/C18H32NO5P/c1-3-4-5-6-7-14-23-17-10-8-16(9-11-17)12-13-18(2,19)15-24-25(20,21)22/h8-11H,3-7,12-15,19H2,1-2H3,(H2,20,21,22)/t18-/m1/s1. The zero-order valence-corrected chi connectivity index (χ0v) is 16.2. The molecule has 0 aromatic heterocycles. The maximum absolute atomic E-state index is 10.8. The zero-order valence-electron chi connectivity index (χ0n) is 15.3. The average Bonchev–Trinajstić information content (AvgIpc) is 2.55. The number of hydrogen-bond donors (Lipinski definition) is 3. The minimum absolute atomic E-state index is 0.184. The van der Waals surface area contributed by atoms with Gasteiger partial charge in [0, 0.05) is 5.54 Å². The third kappa shape index (κ3) is 11.3. The largest absolute Gasteiger partial charge is 0.494 e. The van der Waals surface area contributed by atoms with Crippen LogP contribution in [0.1, 0.15) is 57.9 Å². The Kier molecular flexibility index (Phi) is 9.69. The number of nitrogens with two attached hydrogens (primary N) is 1. The van der Waals surface area contributed by atoms with E-state index in [2.05, 4.69) is 11.4 Å². The van der Waals surface area contributed by atoms with E-state index in [0.717, 1.165) is 24.3 Å². The van der Waals surface area contributed by atoms with Gasteiger partial charge >= 0.3 is 7.82 Å². The van der Waals surface area contributed by atoms with Crippen molar-refractivity contribution in [3.05, 3.63) is 29.8 Å². The second-order valence-electron chi connectivity index (χ2n) is 6.82. The smallest absolute Gasteiger partial charge is 0.469 e. The van der Waals surface area contributed by atoms with Crippen LogP contribution in [0.25, 0.3) is 0 Å². The number of aryl methyl sites for hydroxylation is 1. The SMILES string of the molecule is CCCCCCCOc1ccc(CC[C@@](C)(N)COP(=O)(O)O)cc1. The van der Waals surface area contributed by atoms with E-state index >= 15 is 0 Å². The molecule has 1 aromatic rings. The molecule has 0 unspecified atom stereocenters. The molecule has 0 saturated heterocycles. The molecule has 4 N–H and O–H groups in total. The predicted molar refractivity (Wildman–Crippen MR) is 99.6 cm³/mol. The highest BCUT2D eigenvalue weighted by Crippen LogP contribution is 2.36. The van der Waals surface area contributed by atoms with E-state index in [1.54, 1.807) is 6.92 Å². The Morgan fingerprint density at radius 2 is 1.76 bits per heavy atom. The summed E-state index contributed by atoms with van der Waals surface area (Å²) < 4.78 is 21.0. The maximum atomic E-state index is 10.8. The quantitative estimate of drug-likeness (QED) is 0.359. The maximum Gasteiger partial charge on any atom is 0.469 e. The van der Waals surface area contributed by atoms with Gasteiger partial charge in [-0.2, -0.15) is 0 Å². The molecule has 144 valence electrons. The van der Waals surface area contributed by atoms with Gasteiger partial charge in [0.1, 0.15) is 5.75 Å². The lowest BCUT2D eigenvalue weighted by atomic mass is 9.95. The molecule has 0 aliphatic rings. The van der Waals surface area contributed by atoms with E-state index in [4.69, 9.17) is 20.3 Å². The fourth-order valence-corrected chi connectivity index (χ4v) is 2.84. The van der Waals surface area contributed by atoms with Crippen LogP contribution in [0.2, 0.25) is 0 Å². The van der Waals surface area contributed by atoms with Gasteiger partial charge in [-0.15, -0.1) is 0 Å². The summed E-state index contributed by atoms with van der Waals surface area (Å²) in [6, 6.07) is 7.88. The van der Waals surface area contributed by atoms with Crippen LogP contribution in [-0.2, 0) is 15.5 Å². The van der Waals surface area contributed by atoms with Gasteiger partial charge in [-0.3, -0.25) is 4.52 Å². The number of phosphoric acid groups is 1. The lowest BCUT2D eigenvalue weighted by Gasteiger charge is -2.24. The molecular formula is C18H32NO5P. The number of hydrogen-bond acceptors (Lipinski definition) is 4. The van der Waals surface area contributed by atoms with E-state index < -0.39 is 13.4 Å². The van der Waals surface area contributed by atoms with Crippen LogP contribution in [0.15, 0.2) is 24.3 Å². The summed E-state index contributed by atoms with van der Waals surface area (Å²) in [5, 5.41) is 0. The molecule has 0 heterocycles. The number of benzene rings is 1. The summed E-state index contributed by atoms with van der Waals surface area (Å²) in [6.07, 6.45) is 7.34. The fraction of sp³-hybridized carbons (Fsp3) is 0.667. The molecule has 0 radical (unpaired) electrons. The van der Waals surface area contributed by atoms with Gasteiger partial charge < -0.3 is 20.3 Å². The van der Waals surface area contributed by atoms with Crippen molar-refractivity contribution in [2.24, 2.45) is 5.73 Å². The highest BCUT2D eigenvalue weighted by molar-refractivity contribution is 7.46. The van der Waals surface area contributed by atoms with E-state index in [0.29, 0.717) is 12.8 Å². The van der Waals surface area contributed by atoms with Crippen LogP contribution in [0, 0.1) is 0 Å². The molecule has 0 aliphatic heterocycles. The molecule has 1 atom stereocenters. The molecule has 0 fully saturated rings. The molecule has 0 aliphatic carbocycles. The van der Waals surface area contributed by atoms with Crippen molar-refractivity contribution >= 4 is 7.82 Å². The van der Waals surface area contributed by atoms with E-state index in [-0.39, 0.29) is 6.61 Å². The third-order valence-corrected chi connectivity index (χ3v) is 4.45. The van der Waals surface area contributed by atoms with Crippen LogP contribution < -0.4 is 10.5 Å². The fourth-order valence-electron chi connectivity index (χ4n) is 2.38. The molecule has 25 heavy (non-hydrogen) atoms. The number of rotatable bonds is 13. The van der Waals surface area contributed by atoms with Crippen molar-refractivity contribution in [3.63, 3.8) is 0 Å². The molecule has 0 amide bonds. The van der Waals surface area contributed by atoms with Crippen molar-refractivity contribution in [1.82, 2.24) is 0 Å². The van der Waals surface area contributed by atoms with E-state index in [1.165, 1.54) is 25.7 Å². The van der Waals surface area contributed by atoms with Gasteiger partial charge in [0.05, 0.1) is 13.2 Å². The Bertz CT molecular complexity index is 527. The first-order valence-corrected chi connectivity index (χ1v) is 10.5. The van der Waals surface area contributed by atoms with Gasteiger partial charge in [0.15, 0.2) is 0 Å². The zero-order chi connectivity index (χ0) is 18.8. The van der Waals surface area contributed by atoms with Crippen LogP contribution in [0.5, 0.6) is 5.75 Å². The topological polar surface area (TPSA) is 102 Å². The van der Waals surface area contributed by atoms with Crippen molar-refractivity contribution in [1.29, 1.82) is 0 Å². The molecule has 6 nitrogen and oxygen atoms in total. The van der Waals surface area contributed by atoms with Crippen molar-refractivity contribution in [2.45, 2.75) is 64.3 Å². The second kappa shape index (κ2) is 10.9. The summed E-state index contributed by atoms with van der Waals surface area (Å²) in [5.74, 6) is 0.861. The first-order valence-electron chi connectivity index (χ1n) is 8.92. The molecular weight excluding hydrogens is 341 g/mol. The molecule has 0 saturated carbocycles. The van der Waals surface area contributed by atoms with Crippen LogP contribution in [0.4, 0.5) is 0 Å². The van der Waals surface area contributed by atoms with Crippen molar-refractivity contribution < 1.29 is 23.6 Å². The number of unbranched alkanes of at least 4 members (excludes halogenated alkanes) is 4. The summed E-state index contributed by atoms with van der Waals surface area (Å²) >= 11 is 0. The van der Waals surface area contributed by atoms with Crippen molar-refractivity contribution in [2.75, 3.05) is 13.2 Å². The van der Waals surface area contributed by atoms with Crippen LogP contribution in [0.3, 0.4) is 0 Å². The molecule has 1 rings (SSSR count). The Morgan fingerprint density at radius 1 is 1.12 bits per heavy atom. The third-order valence-electron chi connectivity index (χ3n) is 3.99. The van der Waals surface area contributed by atoms with Gasteiger partial charge in [-0.05, 0) is 43.9 Å². The highest BCUT2D eigenvalue weighted by Gasteiger charge is 2.24. The Labute approximate surface area is 151 Å². The van der Waals surface area contributed by atoms with Gasteiger partial charge in [-0.25, -0.2) is 4.57 Å². The van der Waals surface area contributed by atoms with Crippen LogP contribution in [-0.4, -0.2) is 28.5 Å². The number of ether oxygens (including phenoxy) is 1. The summed E-state index contributed by atoms with van der Waals surface area (Å²) in [6.45, 7) is 4.48. The molecule has 0 bridgehead atoms. The Hall–Kier alpha value is -0.910. The summed E-state index contributed by atoms with van der Waals surface area (Å²) in [7, 11) is -4.48. The second-order valence-corrected chi connectivity index (χ2v) is 8.06. The van der Waals surface area contributed by atoms with E-state index in [9.17, 15) is 4.57 Å². The normalized spacial score (nSPS) is 14.3. The molecule has 7 heteroatoms. The average molecular weight is 373 g/mol. The summed E-state index contributed by atoms with van der Waals surface area (Å²) in [4.78, 5) is 17.5. The summed E-state index contributed by atoms with van der Waals surface area (Å²) in [5.41, 5.74) is 6.33. The highest BCUT2D eigenvalue weighted by atomic mass is 31.2. The lowest BCUT2D eigenvalue weighted by molar-refractivity contribution is 0.154. The van der Waals surface area contributed by atoms with Gasteiger partial charge in [-0.1, -0.05) is 44.7 Å². The van der Waals surface area contributed by atoms with Crippen molar-refractivity contribution in [3.8, 4) is 5.75 Å². The Morgan fingerprint density at radius 3 is 2.36 bits per heavy atom. The minimum atomic E-state index is -4.48. The first kappa shape index (κ1) is 22.1. The molecule has 1 aromatic carbocycles. The lowest BCUT2D eigenvalue weighted by Crippen LogP contribution is -2.41. The van der Waals surface area contributed by atoms with Crippen LogP contribution >= 0.6 is 7.82 Å². The Balaban J connectivity index is 2.30. The first-order chi connectivity index (χ1) is 11.7. The molecule has 0 spiro atoms. The minimum Gasteiger partial charge on any atom is -0.494 e. The predicted octanol–water partition coefficient (Wildman–Crippen LogP) is 3.80. The van der Waals surface area contributed by atoms with Gasteiger partial charge in [0.25, 0.3) is 0 Å². The number of phosphoric ester groups is 1. The van der Waals surface area contributed by atoms with E-state index in [1.807, 2.05) is 24.3 Å². The monoisotopic (exact) mass is 373 g/mol. The van der Waals surface area contributed by atoms with Gasteiger partial charge in [0.2, 0.25) is 0 Å².